The number of carbonyl (C=O) groups excluding carboxylic acids is 1. The third-order valence-corrected chi connectivity index (χ3v) is 4.52. The van der Waals surface area contributed by atoms with Gasteiger partial charge in [0.1, 0.15) is 10.6 Å². The van der Waals surface area contributed by atoms with Crippen LogP contribution in [0.25, 0.3) is 0 Å². The molecule has 0 bridgehead atoms. The van der Waals surface area contributed by atoms with Gasteiger partial charge in [0.15, 0.2) is 6.61 Å². The summed E-state index contributed by atoms with van der Waals surface area (Å²) < 4.78 is 5.07. The van der Waals surface area contributed by atoms with E-state index in [1.165, 1.54) is 11.3 Å². The van der Waals surface area contributed by atoms with E-state index in [0.717, 1.165) is 10.6 Å². The van der Waals surface area contributed by atoms with Crippen molar-refractivity contribution in [1.82, 2.24) is 10.3 Å². The number of hydrogen-bond donors (Lipinski definition) is 2. The molecule has 1 heterocycles. The van der Waals surface area contributed by atoms with E-state index in [1.54, 1.807) is 18.3 Å². The maximum atomic E-state index is 12.1. The van der Waals surface area contributed by atoms with E-state index < -0.39 is 5.97 Å². The first-order valence-electron chi connectivity index (χ1n) is 7.63. The van der Waals surface area contributed by atoms with Gasteiger partial charge >= 0.3 is 5.97 Å². The van der Waals surface area contributed by atoms with Crippen LogP contribution in [0.2, 0.25) is 0 Å². The lowest BCUT2D eigenvalue weighted by Crippen LogP contribution is -2.24. The van der Waals surface area contributed by atoms with Crippen molar-refractivity contribution in [2.24, 2.45) is 0 Å². The highest BCUT2D eigenvalue weighted by molar-refractivity contribution is 7.13. The molecule has 1 amide bonds. The highest BCUT2D eigenvalue weighted by Gasteiger charge is 2.11. The maximum Gasteiger partial charge on any atom is 0.341 e. The molecule has 0 spiro atoms. The van der Waals surface area contributed by atoms with Crippen LogP contribution in [0.3, 0.4) is 0 Å². The maximum absolute atomic E-state index is 12.1. The Morgan fingerprint density at radius 1 is 1.29 bits per heavy atom. The minimum atomic E-state index is -1.01. The third kappa shape index (κ3) is 5.34. The first-order chi connectivity index (χ1) is 11.5. The monoisotopic (exact) mass is 348 g/mol. The Hall–Kier alpha value is -2.41. The Bertz CT molecular complexity index is 695. The fraction of sp³-hybridized carbons (Fsp3) is 0.353. The van der Waals surface area contributed by atoms with Crippen molar-refractivity contribution in [2.45, 2.75) is 26.2 Å². The van der Waals surface area contributed by atoms with Crippen LogP contribution >= 0.6 is 11.3 Å². The van der Waals surface area contributed by atoms with Gasteiger partial charge in [0.25, 0.3) is 5.91 Å². The van der Waals surface area contributed by atoms with Gasteiger partial charge in [-0.05, 0) is 24.1 Å². The number of carboxylic acids is 1. The number of carbonyl (C=O) groups is 2. The summed E-state index contributed by atoms with van der Waals surface area (Å²) in [4.78, 5) is 27.4. The fourth-order valence-corrected chi connectivity index (χ4v) is 2.80. The normalized spacial score (nSPS) is 10.6. The van der Waals surface area contributed by atoms with Crippen molar-refractivity contribution < 1.29 is 19.4 Å². The molecule has 7 heteroatoms. The Balaban J connectivity index is 1.78. The summed E-state index contributed by atoms with van der Waals surface area (Å²) in [6.07, 6.45) is 2.30. The lowest BCUT2D eigenvalue weighted by molar-refractivity contribution is -0.139. The number of rotatable bonds is 8. The van der Waals surface area contributed by atoms with Gasteiger partial charge in [-0.3, -0.25) is 4.79 Å². The summed E-state index contributed by atoms with van der Waals surface area (Å²) >= 11 is 1.42. The number of benzene rings is 1. The quantitative estimate of drug-likeness (QED) is 0.766. The summed E-state index contributed by atoms with van der Waals surface area (Å²) in [6, 6.07) is 7.15. The Morgan fingerprint density at radius 2 is 2.00 bits per heavy atom. The lowest BCUT2D eigenvalue weighted by atomic mass is 10.1. The van der Waals surface area contributed by atoms with Crippen LogP contribution in [0.1, 0.15) is 40.0 Å². The number of aliphatic carboxylic acids is 1. The molecule has 0 saturated heterocycles. The number of aromatic nitrogens is 1. The van der Waals surface area contributed by atoms with Gasteiger partial charge in [-0.15, -0.1) is 11.3 Å². The zero-order chi connectivity index (χ0) is 17.5. The fourth-order valence-electron chi connectivity index (χ4n) is 1.96. The second kappa shape index (κ2) is 8.44. The van der Waals surface area contributed by atoms with Crippen molar-refractivity contribution in [1.29, 1.82) is 0 Å². The van der Waals surface area contributed by atoms with E-state index >= 15 is 0 Å². The largest absolute Gasteiger partial charge is 0.482 e. The molecule has 2 aromatic rings. The third-order valence-electron chi connectivity index (χ3n) is 3.23. The van der Waals surface area contributed by atoms with Gasteiger partial charge in [0, 0.05) is 12.5 Å². The Kier molecular flexibility index (Phi) is 6.31. The second-order valence-corrected chi connectivity index (χ2v) is 6.61. The molecule has 0 radical (unpaired) electrons. The summed E-state index contributed by atoms with van der Waals surface area (Å²) in [5.41, 5.74) is 1.03. The molecule has 2 N–H and O–H groups in total. The van der Waals surface area contributed by atoms with Crippen LogP contribution in [0.15, 0.2) is 30.5 Å². The minimum absolute atomic E-state index is 0.110. The molecule has 6 nitrogen and oxygen atoms in total. The summed E-state index contributed by atoms with van der Waals surface area (Å²) in [6.45, 7) is 4.25. The first kappa shape index (κ1) is 17.9. The van der Waals surface area contributed by atoms with Crippen LogP contribution in [0.4, 0.5) is 0 Å². The number of amides is 1. The van der Waals surface area contributed by atoms with Crippen LogP contribution in [-0.2, 0) is 11.2 Å². The molecule has 0 atom stereocenters. The van der Waals surface area contributed by atoms with Gasteiger partial charge < -0.3 is 15.2 Å². The number of hydrogen-bond acceptors (Lipinski definition) is 5. The van der Waals surface area contributed by atoms with Crippen molar-refractivity contribution in [3.05, 3.63) is 45.9 Å². The molecule has 0 aliphatic rings. The van der Waals surface area contributed by atoms with E-state index in [2.05, 4.69) is 10.3 Å². The molecule has 0 unspecified atom stereocenters. The molecule has 0 aliphatic heterocycles. The van der Waals surface area contributed by atoms with Gasteiger partial charge in [-0.1, -0.05) is 26.0 Å². The van der Waals surface area contributed by atoms with E-state index in [0.29, 0.717) is 29.5 Å². The zero-order valence-corrected chi connectivity index (χ0v) is 14.4. The predicted molar refractivity (Wildman–Crippen MR) is 91.8 cm³/mol. The highest BCUT2D eigenvalue weighted by Crippen LogP contribution is 2.20. The van der Waals surface area contributed by atoms with Crippen molar-refractivity contribution in [2.75, 3.05) is 13.2 Å². The number of ether oxygens (including phenoxy) is 1. The molecule has 2 rings (SSSR count). The van der Waals surface area contributed by atoms with E-state index in [1.807, 2.05) is 26.0 Å². The van der Waals surface area contributed by atoms with Crippen molar-refractivity contribution in [3.8, 4) is 5.75 Å². The molecule has 0 aliphatic carbocycles. The first-order valence-corrected chi connectivity index (χ1v) is 8.45. The standard InChI is InChI=1S/C17H20N2O4S/c1-11(2)17-19-9-14(24-17)16(22)18-8-7-12-3-5-13(6-4-12)23-10-15(20)21/h3-6,9,11H,7-8,10H2,1-2H3,(H,18,22)(H,20,21). The van der Waals surface area contributed by atoms with Crippen LogP contribution in [0, 0.1) is 0 Å². The Labute approximate surface area is 144 Å². The van der Waals surface area contributed by atoms with Gasteiger partial charge in [-0.25, -0.2) is 9.78 Å². The summed E-state index contributed by atoms with van der Waals surface area (Å²) in [5, 5.41) is 12.4. The van der Waals surface area contributed by atoms with Crippen molar-refractivity contribution in [3.63, 3.8) is 0 Å². The average molecular weight is 348 g/mol. The number of nitrogens with one attached hydrogen (secondary N) is 1. The molecule has 0 fully saturated rings. The highest BCUT2D eigenvalue weighted by atomic mass is 32.1. The summed E-state index contributed by atoms with van der Waals surface area (Å²) in [7, 11) is 0. The molecule has 128 valence electrons. The van der Waals surface area contributed by atoms with Gasteiger partial charge in [0.2, 0.25) is 0 Å². The minimum Gasteiger partial charge on any atom is -0.482 e. The van der Waals surface area contributed by atoms with Crippen LogP contribution in [-0.4, -0.2) is 35.1 Å². The number of thiazole rings is 1. The van der Waals surface area contributed by atoms with E-state index in [-0.39, 0.29) is 12.5 Å². The molecule has 24 heavy (non-hydrogen) atoms. The SMILES string of the molecule is CC(C)c1ncc(C(=O)NCCc2ccc(OCC(=O)O)cc2)s1. The van der Waals surface area contributed by atoms with Gasteiger partial charge in [0.05, 0.1) is 11.2 Å². The van der Waals surface area contributed by atoms with Crippen molar-refractivity contribution >= 4 is 23.2 Å². The van der Waals surface area contributed by atoms with E-state index in [4.69, 9.17) is 9.84 Å². The van der Waals surface area contributed by atoms with Crippen LogP contribution in [0.5, 0.6) is 5.75 Å². The van der Waals surface area contributed by atoms with E-state index in [9.17, 15) is 9.59 Å². The number of nitrogens with zero attached hydrogens (tertiary/aromatic N) is 1. The van der Waals surface area contributed by atoms with Gasteiger partial charge in [-0.2, -0.15) is 0 Å². The number of carboxylic acid groups (broad SMARTS) is 1. The molecular formula is C17H20N2O4S. The Morgan fingerprint density at radius 3 is 2.58 bits per heavy atom. The molecular weight excluding hydrogens is 328 g/mol. The topological polar surface area (TPSA) is 88.5 Å². The molecule has 1 aromatic heterocycles. The predicted octanol–water partition coefficient (Wildman–Crippen LogP) is 2.70. The second-order valence-electron chi connectivity index (χ2n) is 5.55. The zero-order valence-electron chi connectivity index (χ0n) is 13.6. The molecule has 0 saturated carbocycles. The average Bonchev–Trinajstić information content (AvgIpc) is 3.04. The smallest absolute Gasteiger partial charge is 0.341 e. The van der Waals surface area contributed by atoms with Crippen LogP contribution < -0.4 is 10.1 Å². The lowest BCUT2D eigenvalue weighted by Gasteiger charge is -2.06. The molecule has 1 aromatic carbocycles. The summed E-state index contributed by atoms with van der Waals surface area (Å²) in [5.74, 6) is -0.291.